The van der Waals surface area contributed by atoms with Crippen molar-refractivity contribution in [2.75, 3.05) is 12.4 Å². The summed E-state index contributed by atoms with van der Waals surface area (Å²) in [6.07, 6.45) is 0. The first kappa shape index (κ1) is 19.3. The first-order valence-electron chi connectivity index (χ1n) is 8.42. The Hall–Kier alpha value is -3.48. The molecule has 0 unspecified atom stereocenters. The molecule has 3 rings (SSSR count). The smallest absolute Gasteiger partial charge is 0.156 e. The molecule has 0 heterocycles. The van der Waals surface area contributed by atoms with Gasteiger partial charge in [0, 0.05) is 11.4 Å². The van der Waals surface area contributed by atoms with E-state index in [1.807, 2.05) is 54.6 Å². The third-order valence-electron chi connectivity index (χ3n) is 4.07. The predicted octanol–water partition coefficient (Wildman–Crippen LogP) is 5.34. The molecule has 0 aliphatic heterocycles. The van der Waals surface area contributed by atoms with Gasteiger partial charge in [-0.2, -0.15) is 10.5 Å². The molecule has 0 spiro atoms. The summed E-state index contributed by atoms with van der Waals surface area (Å²) < 4.78 is 20.0. The van der Waals surface area contributed by atoms with Crippen LogP contribution in [0.5, 0.6) is 5.75 Å². The Morgan fingerprint density at radius 2 is 1.68 bits per heavy atom. The van der Waals surface area contributed by atoms with Crippen LogP contribution in [0.15, 0.2) is 70.5 Å². The van der Waals surface area contributed by atoms with Crippen molar-refractivity contribution in [3.63, 3.8) is 0 Å². The van der Waals surface area contributed by atoms with E-state index < -0.39 is 5.82 Å². The Bertz CT molecular complexity index is 1050. The lowest BCUT2D eigenvalue weighted by Crippen LogP contribution is -2.05. The normalized spacial score (nSPS) is 10.0. The second-order valence-corrected chi connectivity index (χ2v) is 6.94. The van der Waals surface area contributed by atoms with Crippen molar-refractivity contribution in [1.82, 2.24) is 0 Å². The number of nitrogens with one attached hydrogen (secondary N) is 1. The van der Waals surface area contributed by atoms with Crippen LogP contribution in [0.1, 0.15) is 16.7 Å². The van der Waals surface area contributed by atoms with Gasteiger partial charge in [-0.3, -0.25) is 0 Å². The minimum absolute atomic E-state index is 0.00927. The van der Waals surface area contributed by atoms with Gasteiger partial charge in [-0.15, -0.1) is 0 Å². The van der Waals surface area contributed by atoms with Crippen molar-refractivity contribution in [3.8, 4) is 17.9 Å². The molecule has 4 nitrogen and oxygen atoms in total. The molecule has 0 atom stereocenters. The van der Waals surface area contributed by atoms with Gasteiger partial charge >= 0.3 is 0 Å². The highest BCUT2D eigenvalue weighted by atomic mass is 32.2. The summed E-state index contributed by atoms with van der Waals surface area (Å²) >= 11 is 1.19. The molecular formula is C22H16FN3OS. The van der Waals surface area contributed by atoms with Crippen LogP contribution in [0.25, 0.3) is 0 Å². The molecule has 0 aliphatic rings. The van der Waals surface area contributed by atoms with Gasteiger partial charge in [0.25, 0.3) is 0 Å². The maximum absolute atomic E-state index is 14.8. The predicted molar refractivity (Wildman–Crippen MR) is 107 cm³/mol. The van der Waals surface area contributed by atoms with Gasteiger partial charge in [-0.1, -0.05) is 42.1 Å². The van der Waals surface area contributed by atoms with Gasteiger partial charge in [0.05, 0.1) is 23.3 Å². The molecule has 138 valence electrons. The van der Waals surface area contributed by atoms with E-state index in [0.29, 0.717) is 18.0 Å². The fourth-order valence-corrected chi connectivity index (χ4v) is 3.53. The molecule has 0 amide bonds. The number of hydrogen-bond donors (Lipinski definition) is 1. The van der Waals surface area contributed by atoms with Gasteiger partial charge in [0.15, 0.2) is 5.82 Å². The van der Waals surface area contributed by atoms with Gasteiger partial charge in [-0.05, 0) is 35.9 Å². The standard InChI is InChI=1S/C22H16FN3OS/c1-27-16-7-9-17(10-8-16)28-21-11-20(18(12-24)19(13-25)22(21)23)26-14-15-5-3-2-4-6-15/h2-11,26H,14H2,1H3. The molecule has 0 aromatic heterocycles. The van der Waals surface area contributed by atoms with Crippen LogP contribution in [0.4, 0.5) is 10.1 Å². The minimum Gasteiger partial charge on any atom is -0.497 e. The van der Waals surface area contributed by atoms with Crippen molar-refractivity contribution >= 4 is 17.4 Å². The van der Waals surface area contributed by atoms with E-state index in [-0.39, 0.29) is 16.0 Å². The highest BCUT2D eigenvalue weighted by Gasteiger charge is 2.19. The molecule has 0 saturated carbocycles. The van der Waals surface area contributed by atoms with Crippen LogP contribution in [0, 0.1) is 28.5 Å². The topological polar surface area (TPSA) is 68.8 Å². The van der Waals surface area contributed by atoms with Crippen LogP contribution in [0.3, 0.4) is 0 Å². The van der Waals surface area contributed by atoms with Crippen molar-refractivity contribution < 1.29 is 9.13 Å². The third kappa shape index (κ3) is 4.25. The highest BCUT2D eigenvalue weighted by molar-refractivity contribution is 7.99. The Balaban J connectivity index is 1.95. The van der Waals surface area contributed by atoms with Crippen molar-refractivity contribution in [3.05, 3.63) is 83.2 Å². The molecule has 3 aromatic carbocycles. The zero-order chi connectivity index (χ0) is 19.9. The summed E-state index contributed by atoms with van der Waals surface area (Å²) in [7, 11) is 1.58. The highest BCUT2D eigenvalue weighted by Crippen LogP contribution is 2.36. The van der Waals surface area contributed by atoms with Gasteiger partial charge in [0.2, 0.25) is 0 Å². The summed E-state index contributed by atoms with van der Waals surface area (Å²) in [5, 5.41) is 22.0. The van der Waals surface area contributed by atoms with E-state index in [0.717, 1.165) is 10.5 Å². The van der Waals surface area contributed by atoms with Crippen LogP contribution in [-0.2, 0) is 6.54 Å². The second-order valence-electron chi connectivity index (χ2n) is 5.83. The number of benzene rings is 3. The lowest BCUT2D eigenvalue weighted by Gasteiger charge is -2.13. The van der Waals surface area contributed by atoms with Crippen molar-refractivity contribution in [2.24, 2.45) is 0 Å². The Labute approximate surface area is 167 Å². The zero-order valence-corrected chi connectivity index (χ0v) is 15.9. The number of hydrogen-bond acceptors (Lipinski definition) is 5. The number of nitriles is 2. The average molecular weight is 389 g/mol. The number of rotatable bonds is 6. The van der Waals surface area contributed by atoms with Crippen LogP contribution >= 0.6 is 11.8 Å². The lowest BCUT2D eigenvalue weighted by molar-refractivity contribution is 0.414. The van der Waals surface area contributed by atoms with E-state index >= 15 is 0 Å². The summed E-state index contributed by atoms with van der Waals surface area (Å²) in [4.78, 5) is 1.07. The summed E-state index contributed by atoms with van der Waals surface area (Å²) in [6.45, 7) is 0.457. The fourth-order valence-electron chi connectivity index (χ4n) is 2.63. The number of anilines is 1. The molecule has 0 radical (unpaired) electrons. The number of methoxy groups -OCH3 is 1. The maximum Gasteiger partial charge on any atom is 0.156 e. The van der Waals surface area contributed by atoms with Crippen molar-refractivity contribution in [1.29, 1.82) is 10.5 Å². The second kappa shape index (κ2) is 8.94. The molecule has 0 saturated heterocycles. The van der Waals surface area contributed by atoms with Crippen LogP contribution in [-0.4, -0.2) is 7.11 Å². The first-order valence-corrected chi connectivity index (χ1v) is 9.24. The van der Waals surface area contributed by atoms with E-state index in [9.17, 15) is 14.9 Å². The van der Waals surface area contributed by atoms with E-state index in [1.54, 1.807) is 25.3 Å². The Kier molecular flexibility index (Phi) is 6.16. The largest absolute Gasteiger partial charge is 0.497 e. The Morgan fingerprint density at radius 3 is 2.29 bits per heavy atom. The summed E-state index contributed by atoms with van der Waals surface area (Å²) in [5.41, 5.74) is 1.20. The van der Waals surface area contributed by atoms with Gasteiger partial charge in [-0.25, -0.2) is 4.39 Å². The average Bonchev–Trinajstić information content (AvgIpc) is 2.74. The lowest BCUT2D eigenvalue weighted by atomic mass is 10.1. The first-order chi connectivity index (χ1) is 13.7. The van der Waals surface area contributed by atoms with Crippen LogP contribution in [0.2, 0.25) is 0 Å². The minimum atomic E-state index is -0.690. The van der Waals surface area contributed by atoms with E-state index in [1.165, 1.54) is 11.8 Å². The van der Waals surface area contributed by atoms with Gasteiger partial charge < -0.3 is 10.1 Å². The molecule has 6 heteroatoms. The molecule has 28 heavy (non-hydrogen) atoms. The molecule has 0 fully saturated rings. The van der Waals surface area contributed by atoms with Crippen molar-refractivity contribution in [2.45, 2.75) is 16.3 Å². The maximum atomic E-state index is 14.8. The third-order valence-corrected chi connectivity index (χ3v) is 5.09. The van der Waals surface area contributed by atoms with Gasteiger partial charge in [0.1, 0.15) is 23.5 Å². The number of halogens is 1. The summed E-state index contributed by atoms with van der Waals surface area (Å²) in [6, 6.07) is 22.2. The summed E-state index contributed by atoms with van der Waals surface area (Å²) in [5.74, 6) is 0.0118. The monoisotopic (exact) mass is 389 g/mol. The van der Waals surface area contributed by atoms with Crippen LogP contribution < -0.4 is 10.1 Å². The van der Waals surface area contributed by atoms with E-state index in [2.05, 4.69) is 5.32 Å². The molecule has 1 N–H and O–H groups in total. The Morgan fingerprint density at radius 1 is 1.00 bits per heavy atom. The molecular weight excluding hydrogens is 373 g/mol. The number of ether oxygens (including phenoxy) is 1. The quantitative estimate of drug-likeness (QED) is 0.616. The number of nitrogens with zero attached hydrogens (tertiary/aromatic N) is 2. The fraction of sp³-hybridized carbons (Fsp3) is 0.0909. The SMILES string of the molecule is COc1ccc(Sc2cc(NCc3ccccc3)c(C#N)c(C#N)c2F)cc1. The van der Waals surface area contributed by atoms with E-state index in [4.69, 9.17) is 4.74 Å². The molecule has 3 aromatic rings. The molecule has 0 bridgehead atoms. The molecule has 0 aliphatic carbocycles. The zero-order valence-electron chi connectivity index (χ0n) is 15.1.